The van der Waals surface area contributed by atoms with E-state index in [1.54, 1.807) is 0 Å². The zero-order chi connectivity index (χ0) is 11.1. The summed E-state index contributed by atoms with van der Waals surface area (Å²) in [5.74, 6) is -2.50. The van der Waals surface area contributed by atoms with Gasteiger partial charge < -0.3 is 4.74 Å². The van der Waals surface area contributed by atoms with Crippen molar-refractivity contribution in [2.24, 2.45) is 5.92 Å². The predicted octanol–water partition coefficient (Wildman–Crippen LogP) is 1.02. The van der Waals surface area contributed by atoms with Crippen molar-refractivity contribution < 1.29 is 19.1 Å². The normalized spacial score (nSPS) is 29.3. The van der Waals surface area contributed by atoms with Crippen molar-refractivity contribution in [3.63, 3.8) is 0 Å². The first-order valence-electron chi connectivity index (χ1n) is 5.34. The zero-order valence-corrected chi connectivity index (χ0v) is 8.75. The van der Waals surface area contributed by atoms with Gasteiger partial charge in [0.05, 0.1) is 0 Å². The second kappa shape index (κ2) is 3.43. The first kappa shape index (κ1) is 10.3. The number of ketones is 2. The molecule has 82 valence electrons. The number of hydrogen-bond acceptors (Lipinski definition) is 4. The van der Waals surface area contributed by atoms with Gasteiger partial charge in [-0.15, -0.1) is 0 Å². The quantitative estimate of drug-likeness (QED) is 0.479. The van der Waals surface area contributed by atoms with Gasteiger partial charge in [0.1, 0.15) is 0 Å². The lowest BCUT2D eigenvalue weighted by atomic mass is 9.79. The Labute approximate surface area is 88.0 Å². The SMILES string of the molecule is CC(=O)C1C(=O)OC2(CCCCC2)C1=O. The number of ether oxygens (including phenoxy) is 1. The summed E-state index contributed by atoms with van der Waals surface area (Å²) in [6.45, 7) is 1.27. The minimum atomic E-state index is -1.15. The third-order valence-corrected chi connectivity index (χ3v) is 3.31. The molecule has 1 spiro atoms. The molecule has 1 atom stereocenters. The lowest BCUT2D eigenvalue weighted by Gasteiger charge is -2.29. The highest BCUT2D eigenvalue weighted by molar-refractivity contribution is 6.22. The molecule has 4 nitrogen and oxygen atoms in total. The molecule has 1 saturated heterocycles. The summed E-state index contributed by atoms with van der Waals surface area (Å²) in [5, 5.41) is 0. The summed E-state index contributed by atoms with van der Waals surface area (Å²) in [5.41, 5.74) is -0.953. The standard InChI is InChI=1S/C11H14O4/c1-7(12)8-9(13)11(15-10(8)14)5-3-2-4-6-11/h8H,2-6H2,1H3. The van der Waals surface area contributed by atoms with Crippen molar-refractivity contribution in [1.82, 2.24) is 0 Å². The molecule has 1 aliphatic heterocycles. The number of Topliss-reactive ketones (excluding diaryl/α,β-unsaturated/α-hetero) is 2. The van der Waals surface area contributed by atoms with Crippen molar-refractivity contribution in [3.8, 4) is 0 Å². The highest BCUT2D eigenvalue weighted by atomic mass is 16.6. The van der Waals surface area contributed by atoms with Gasteiger partial charge in [-0.05, 0) is 32.6 Å². The van der Waals surface area contributed by atoms with Crippen molar-refractivity contribution in [2.45, 2.75) is 44.6 Å². The highest BCUT2D eigenvalue weighted by Gasteiger charge is 2.56. The van der Waals surface area contributed by atoms with E-state index in [1.165, 1.54) is 6.92 Å². The van der Waals surface area contributed by atoms with Crippen LogP contribution in [-0.4, -0.2) is 23.1 Å². The van der Waals surface area contributed by atoms with Crippen molar-refractivity contribution in [3.05, 3.63) is 0 Å². The van der Waals surface area contributed by atoms with Gasteiger partial charge in [-0.25, -0.2) is 0 Å². The van der Waals surface area contributed by atoms with Crippen molar-refractivity contribution >= 4 is 17.5 Å². The molecule has 2 fully saturated rings. The van der Waals surface area contributed by atoms with Crippen LogP contribution in [0.2, 0.25) is 0 Å². The number of carbonyl (C=O) groups excluding carboxylic acids is 3. The molecule has 0 bridgehead atoms. The first-order valence-corrected chi connectivity index (χ1v) is 5.34. The van der Waals surface area contributed by atoms with E-state index >= 15 is 0 Å². The Hall–Kier alpha value is -1.19. The second-order valence-corrected chi connectivity index (χ2v) is 4.38. The summed E-state index contributed by atoms with van der Waals surface area (Å²) in [6, 6.07) is 0. The van der Waals surface area contributed by atoms with Crippen LogP contribution in [0.5, 0.6) is 0 Å². The highest BCUT2D eigenvalue weighted by Crippen LogP contribution is 2.39. The molecule has 15 heavy (non-hydrogen) atoms. The predicted molar refractivity (Wildman–Crippen MR) is 51.1 cm³/mol. The van der Waals surface area contributed by atoms with Crippen LogP contribution in [0.15, 0.2) is 0 Å². The van der Waals surface area contributed by atoms with Crippen LogP contribution in [0, 0.1) is 5.92 Å². The fourth-order valence-corrected chi connectivity index (χ4v) is 2.49. The van der Waals surface area contributed by atoms with Gasteiger partial charge in [0.25, 0.3) is 0 Å². The van der Waals surface area contributed by atoms with E-state index in [9.17, 15) is 14.4 Å². The monoisotopic (exact) mass is 210 g/mol. The van der Waals surface area contributed by atoms with Crippen LogP contribution in [0.1, 0.15) is 39.0 Å². The van der Waals surface area contributed by atoms with E-state index in [0.717, 1.165) is 19.3 Å². The molecule has 4 heteroatoms. The van der Waals surface area contributed by atoms with Crippen LogP contribution in [0.25, 0.3) is 0 Å². The molecule has 2 aliphatic rings. The Morgan fingerprint density at radius 2 is 1.87 bits per heavy atom. The summed E-state index contributed by atoms with van der Waals surface area (Å²) >= 11 is 0. The van der Waals surface area contributed by atoms with Crippen LogP contribution in [0.3, 0.4) is 0 Å². The minimum absolute atomic E-state index is 0.306. The van der Waals surface area contributed by atoms with E-state index in [2.05, 4.69) is 0 Å². The maximum absolute atomic E-state index is 12.0. The molecule has 1 aliphatic carbocycles. The fraction of sp³-hybridized carbons (Fsp3) is 0.727. The number of esters is 1. The van der Waals surface area contributed by atoms with Gasteiger partial charge >= 0.3 is 5.97 Å². The van der Waals surface area contributed by atoms with Crippen LogP contribution in [-0.2, 0) is 19.1 Å². The average Bonchev–Trinajstić information content (AvgIpc) is 2.40. The van der Waals surface area contributed by atoms with Gasteiger partial charge in [-0.2, -0.15) is 0 Å². The molecule has 0 N–H and O–H groups in total. The fourth-order valence-electron chi connectivity index (χ4n) is 2.49. The second-order valence-electron chi connectivity index (χ2n) is 4.38. The Balaban J connectivity index is 2.27. The Bertz CT molecular complexity index is 325. The summed E-state index contributed by atoms with van der Waals surface area (Å²) in [6.07, 6.45) is 4.02. The van der Waals surface area contributed by atoms with Gasteiger partial charge in [-0.1, -0.05) is 6.42 Å². The Morgan fingerprint density at radius 3 is 2.33 bits per heavy atom. The van der Waals surface area contributed by atoms with Crippen LogP contribution < -0.4 is 0 Å². The molecule has 0 amide bonds. The van der Waals surface area contributed by atoms with E-state index in [-0.39, 0.29) is 5.78 Å². The van der Waals surface area contributed by atoms with E-state index in [1.807, 2.05) is 0 Å². The molecule has 0 radical (unpaired) electrons. The Kier molecular flexibility index (Phi) is 2.37. The maximum atomic E-state index is 12.0. The largest absolute Gasteiger partial charge is 0.450 e. The molecular weight excluding hydrogens is 196 g/mol. The molecule has 0 aromatic carbocycles. The number of carbonyl (C=O) groups is 3. The number of hydrogen-bond donors (Lipinski definition) is 0. The smallest absolute Gasteiger partial charge is 0.325 e. The van der Waals surface area contributed by atoms with Gasteiger partial charge in [0.15, 0.2) is 23.1 Å². The van der Waals surface area contributed by atoms with Crippen LogP contribution in [0.4, 0.5) is 0 Å². The minimum Gasteiger partial charge on any atom is -0.450 e. The zero-order valence-electron chi connectivity index (χ0n) is 8.75. The van der Waals surface area contributed by atoms with Crippen LogP contribution >= 0.6 is 0 Å². The lowest BCUT2D eigenvalue weighted by molar-refractivity contribution is -0.155. The lowest BCUT2D eigenvalue weighted by Crippen LogP contribution is -2.40. The Morgan fingerprint density at radius 1 is 1.27 bits per heavy atom. The molecule has 0 aromatic heterocycles. The molecule has 1 heterocycles. The third kappa shape index (κ3) is 1.48. The van der Waals surface area contributed by atoms with Gasteiger partial charge in [0.2, 0.25) is 0 Å². The van der Waals surface area contributed by atoms with Gasteiger partial charge in [-0.3, -0.25) is 14.4 Å². The van der Waals surface area contributed by atoms with E-state index in [0.29, 0.717) is 12.8 Å². The van der Waals surface area contributed by atoms with E-state index in [4.69, 9.17) is 4.74 Å². The topological polar surface area (TPSA) is 60.4 Å². The average molecular weight is 210 g/mol. The van der Waals surface area contributed by atoms with Crippen molar-refractivity contribution in [2.75, 3.05) is 0 Å². The molecule has 1 saturated carbocycles. The molecular formula is C11H14O4. The third-order valence-electron chi connectivity index (χ3n) is 3.31. The van der Waals surface area contributed by atoms with Crippen molar-refractivity contribution in [1.29, 1.82) is 0 Å². The van der Waals surface area contributed by atoms with E-state index < -0.39 is 23.3 Å². The first-order chi connectivity index (χ1) is 7.07. The summed E-state index contributed by atoms with van der Waals surface area (Å²) in [7, 11) is 0. The summed E-state index contributed by atoms with van der Waals surface area (Å²) in [4.78, 5) is 34.6. The molecule has 1 unspecified atom stereocenters. The number of rotatable bonds is 1. The molecule has 2 rings (SSSR count). The summed E-state index contributed by atoms with van der Waals surface area (Å²) < 4.78 is 5.17. The maximum Gasteiger partial charge on any atom is 0.325 e. The van der Waals surface area contributed by atoms with Gasteiger partial charge in [0, 0.05) is 0 Å². The molecule has 0 aromatic rings.